The van der Waals surface area contributed by atoms with E-state index in [4.69, 9.17) is 0 Å². The molecule has 94 valence electrons. The van der Waals surface area contributed by atoms with Crippen LogP contribution in [0.15, 0.2) is 0 Å². The molecule has 2 aliphatic rings. The van der Waals surface area contributed by atoms with E-state index in [1.165, 1.54) is 19.3 Å². The highest BCUT2D eigenvalue weighted by molar-refractivity contribution is 5.73. The fourth-order valence-corrected chi connectivity index (χ4v) is 3.01. The van der Waals surface area contributed by atoms with Gasteiger partial charge in [-0.15, -0.1) is 0 Å². The van der Waals surface area contributed by atoms with Crippen LogP contribution in [0.25, 0.3) is 0 Å². The zero-order valence-electron chi connectivity index (χ0n) is 10.6. The Balaban J connectivity index is 2.02. The molecular formula is C13H21N3O. The molecule has 4 nitrogen and oxygen atoms in total. The number of amides is 1. The maximum absolute atomic E-state index is 11.3. The molecule has 0 saturated carbocycles. The van der Waals surface area contributed by atoms with Crippen LogP contribution in [0.3, 0.4) is 0 Å². The predicted octanol–water partition coefficient (Wildman–Crippen LogP) is 1.38. The van der Waals surface area contributed by atoms with Gasteiger partial charge >= 0.3 is 0 Å². The molecule has 2 fully saturated rings. The minimum atomic E-state index is -0.299. The lowest BCUT2D eigenvalue weighted by molar-refractivity contribution is -0.131. The van der Waals surface area contributed by atoms with Crippen molar-refractivity contribution in [1.29, 1.82) is 5.26 Å². The number of rotatable bonds is 1. The van der Waals surface area contributed by atoms with Crippen LogP contribution >= 0.6 is 0 Å². The molecule has 2 saturated heterocycles. The lowest BCUT2D eigenvalue weighted by Gasteiger charge is -2.45. The van der Waals surface area contributed by atoms with Gasteiger partial charge < -0.3 is 4.90 Å². The van der Waals surface area contributed by atoms with E-state index in [1.807, 2.05) is 4.90 Å². The summed E-state index contributed by atoms with van der Waals surface area (Å²) in [5.74, 6) is 0.134. The molecule has 0 aliphatic carbocycles. The Labute approximate surface area is 103 Å². The van der Waals surface area contributed by atoms with Crippen molar-refractivity contribution in [1.82, 2.24) is 9.80 Å². The van der Waals surface area contributed by atoms with Crippen molar-refractivity contribution in [2.75, 3.05) is 26.2 Å². The normalized spacial score (nSPS) is 25.3. The molecule has 0 unspecified atom stereocenters. The molecule has 0 bridgehead atoms. The van der Waals surface area contributed by atoms with Crippen molar-refractivity contribution in [2.24, 2.45) is 0 Å². The summed E-state index contributed by atoms with van der Waals surface area (Å²) < 4.78 is 0. The second-order valence-electron chi connectivity index (χ2n) is 5.20. The average molecular weight is 235 g/mol. The van der Waals surface area contributed by atoms with Gasteiger partial charge in [0.25, 0.3) is 0 Å². The Bertz CT molecular complexity index is 320. The number of hydrogen-bond acceptors (Lipinski definition) is 3. The number of carbonyl (C=O) groups is 1. The van der Waals surface area contributed by atoms with Crippen molar-refractivity contribution in [3.8, 4) is 6.07 Å². The Kier molecular flexibility index (Phi) is 3.68. The van der Waals surface area contributed by atoms with Gasteiger partial charge in [-0.3, -0.25) is 9.69 Å². The van der Waals surface area contributed by atoms with Crippen LogP contribution in [0.5, 0.6) is 0 Å². The molecule has 17 heavy (non-hydrogen) atoms. The standard InChI is InChI=1S/C13H21N3O/c1-12(17)15-9-5-13(11-14,6-10-15)16-7-3-2-4-8-16/h2-10H2,1H3. The molecule has 0 atom stereocenters. The number of hydrogen-bond donors (Lipinski definition) is 0. The maximum atomic E-state index is 11.3. The largest absolute Gasteiger partial charge is 0.343 e. The third-order valence-corrected chi connectivity index (χ3v) is 4.21. The Hall–Kier alpha value is -1.08. The number of likely N-dealkylation sites (tertiary alicyclic amines) is 2. The first-order valence-electron chi connectivity index (χ1n) is 6.60. The van der Waals surface area contributed by atoms with E-state index in [0.717, 1.165) is 39.0 Å². The fourth-order valence-electron chi connectivity index (χ4n) is 3.01. The quantitative estimate of drug-likeness (QED) is 0.690. The van der Waals surface area contributed by atoms with E-state index in [2.05, 4.69) is 11.0 Å². The monoisotopic (exact) mass is 235 g/mol. The molecule has 0 spiro atoms. The predicted molar refractivity (Wildman–Crippen MR) is 65.3 cm³/mol. The van der Waals surface area contributed by atoms with Crippen molar-refractivity contribution in [2.45, 2.75) is 44.6 Å². The van der Waals surface area contributed by atoms with Gasteiger partial charge in [-0.2, -0.15) is 5.26 Å². The summed E-state index contributed by atoms with van der Waals surface area (Å²) in [6, 6.07) is 2.53. The first-order valence-corrected chi connectivity index (χ1v) is 6.60. The smallest absolute Gasteiger partial charge is 0.219 e. The molecular weight excluding hydrogens is 214 g/mol. The van der Waals surface area contributed by atoms with Gasteiger partial charge in [0.2, 0.25) is 5.91 Å². The van der Waals surface area contributed by atoms with E-state index in [1.54, 1.807) is 6.92 Å². The van der Waals surface area contributed by atoms with Gasteiger partial charge in [0.05, 0.1) is 6.07 Å². The Morgan fingerprint density at radius 3 is 2.18 bits per heavy atom. The first-order chi connectivity index (χ1) is 8.18. The van der Waals surface area contributed by atoms with Crippen LogP contribution in [-0.2, 0) is 4.79 Å². The molecule has 2 rings (SSSR count). The molecule has 0 radical (unpaired) electrons. The van der Waals surface area contributed by atoms with Crippen molar-refractivity contribution >= 4 is 5.91 Å². The van der Waals surface area contributed by atoms with Crippen LogP contribution < -0.4 is 0 Å². The summed E-state index contributed by atoms with van der Waals surface area (Å²) in [5, 5.41) is 9.52. The van der Waals surface area contributed by atoms with Crippen molar-refractivity contribution in [3.63, 3.8) is 0 Å². The van der Waals surface area contributed by atoms with Gasteiger partial charge in [-0.05, 0) is 38.8 Å². The highest BCUT2D eigenvalue weighted by Gasteiger charge is 2.40. The van der Waals surface area contributed by atoms with Crippen LogP contribution in [-0.4, -0.2) is 47.4 Å². The van der Waals surface area contributed by atoms with E-state index in [0.29, 0.717) is 0 Å². The highest BCUT2D eigenvalue weighted by atomic mass is 16.2. The van der Waals surface area contributed by atoms with E-state index in [9.17, 15) is 10.1 Å². The molecule has 1 amide bonds. The van der Waals surface area contributed by atoms with E-state index < -0.39 is 0 Å². The second-order valence-corrected chi connectivity index (χ2v) is 5.20. The molecule has 2 aliphatic heterocycles. The number of nitriles is 1. The first kappa shape index (κ1) is 12.4. The minimum Gasteiger partial charge on any atom is -0.343 e. The molecule has 0 aromatic heterocycles. The lowest BCUT2D eigenvalue weighted by atomic mass is 9.85. The lowest BCUT2D eigenvalue weighted by Crippen LogP contribution is -2.56. The van der Waals surface area contributed by atoms with Crippen molar-refractivity contribution in [3.05, 3.63) is 0 Å². The van der Waals surface area contributed by atoms with Crippen molar-refractivity contribution < 1.29 is 4.79 Å². The third kappa shape index (κ3) is 2.44. The van der Waals surface area contributed by atoms with Gasteiger partial charge in [0.1, 0.15) is 5.54 Å². The molecule has 0 aromatic rings. The van der Waals surface area contributed by atoms with Gasteiger partial charge in [0.15, 0.2) is 0 Å². The SMILES string of the molecule is CC(=O)N1CCC(C#N)(N2CCCCC2)CC1. The van der Waals surface area contributed by atoms with E-state index in [-0.39, 0.29) is 11.4 Å². The van der Waals surface area contributed by atoms with Crippen LogP contribution in [0.1, 0.15) is 39.0 Å². The van der Waals surface area contributed by atoms with Crippen LogP contribution in [0.4, 0.5) is 0 Å². The molecule has 2 heterocycles. The maximum Gasteiger partial charge on any atom is 0.219 e. The Morgan fingerprint density at radius 1 is 1.12 bits per heavy atom. The number of piperidine rings is 2. The molecule has 0 aromatic carbocycles. The Morgan fingerprint density at radius 2 is 1.71 bits per heavy atom. The van der Waals surface area contributed by atoms with Gasteiger partial charge in [-0.1, -0.05) is 6.42 Å². The average Bonchev–Trinajstić information content (AvgIpc) is 2.40. The number of nitrogens with zero attached hydrogens (tertiary/aromatic N) is 3. The number of carbonyl (C=O) groups excluding carboxylic acids is 1. The summed E-state index contributed by atoms with van der Waals surface area (Å²) in [4.78, 5) is 15.5. The summed E-state index contributed by atoms with van der Waals surface area (Å²) in [5.41, 5.74) is -0.299. The summed E-state index contributed by atoms with van der Waals surface area (Å²) in [6.45, 7) is 5.18. The zero-order valence-corrected chi connectivity index (χ0v) is 10.6. The minimum absolute atomic E-state index is 0.134. The summed E-state index contributed by atoms with van der Waals surface area (Å²) in [7, 11) is 0. The molecule has 4 heteroatoms. The highest BCUT2D eigenvalue weighted by Crippen LogP contribution is 2.30. The summed E-state index contributed by atoms with van der Waals surface area (Å²) in [6.07, 6.45) is 5.32. The van der Waals surface area contributed by atoms with Crippen LogP contribution in [0.2, 0.25) is 0 Å². The van der Waals surface area contributed by atoms with Gasteiger partial charge in [-0.25, -0.2) is 0 Å². The van der Waals surface area contributed by atoms with Crippen LogP contribution in [0, 0.1) is 11.3 Å². The summed E-state index contributed by atoms with van der Waals surface area (Å²) >= 11 is 0. The fraction of sp³-hybridized carbons (Fsp3) is 0.846. The van der Waals surface area contributed by atoms with Gasteiger partial charge in [0, 0.05) is 20.0 Å². The second kappa shape index (κ2) is 5.05. The topological polar surface area (TPSA) is 47.3 Å². The third-order valence-electron chi connectivity index (χ3n) is 4.21. The van der Waals surface area contributed by atoms with E-state index >= 15 is 0 Å². The zero-order chi connectivity index (χ0) is 12.3. The molecule has 0 N–H and O–H groups in total.